The van der Waals surface area contributed by atoms with Gasteiger partial charge in [-0.25, -0.2) is 0 Å². The lowest BCUT2D eigenvalue weighted by molar-refractivity contribution is 0.102. The molecule has 0 unspecified atom stereocenters. The number of pyridine rings is 1. The van der Waals surface area contributed by atoms with Crippen LogP contribution in [-0.4, -0.2) is 39.6 Å². The Hall–Kier alpha value is -3.43. The van der Waals surface area contributed by atoms with Gasteiger partial charge >= 0.3 is 0 Å². The third-order valence-corrected chi connectivity index (χ3v) is 5.41. The molecule has 0 radical (unpaired) electrons. The van der Waals surface area contributed by atoms with Gasteiger partial charge in [-0.15, -0.1) is 5.10 Å². The number of halogens is 1. The Morgan fingerprint density at radius 1 is 1.26 bits per heavy atom. The molecule has 2 N–H and O–H groups in total. The number of likely N-dealkylation sites (N-methyl/N-ethyl adjacent to an activating group) is 1. The lowest BCUT2D eigenvalue weighted by Gasteiger charge is -2.19. The van der Waals surface area contributed by atoms with Crippen molar-refractivity contribution in [1.29, 1.82) is 0 Å². The Bertz CT molecular complexity index is 1220. The number of carbonyl (C=O) groups excluding carboxylic acids is 1. The number of ether oxygens (including phenoxy) is 1. The number of allylic oxidation sites excluding steroid dienone is 2. The summed E-state index contributed by atoms with van der Waals surface area (Å²) in [4.78, 5) is 29.4. The number of benzene rings is 1. The smallest absolute Gasteiger partial charge is 0.296 e. The van der Waals surface area contributed by atoms with Crippen LogP contribution in [0.4, 0.5) is 5.13 Å². The maximum Gasteiger partial charge on any atom is 0.296 e. The Labute approximate surface area is 186 Å². The van der Waals surface area contributed by atoms with Gasteiger partial charge in [0.25, 0.3) is 11.1 Å². The van der Waals surface area contributed by atoms with Crippen molar-refractivity contribution in [2.75, 3.05) is 18.9 Å². The third kappa shape index (κ3) is 5.19. The van der Waals surface area contributed by atoms with Gasteiger partial charge in [-0.05, 0) is 35.1 Å². The second-order valence-corrected chi connectivity index (χ2v) is 8.16. The molecule has 0 saturated carbocycles. The normalized spacial score (nSPS) is 13.1. The molecule has 0 atom stereocenters. The molecule has 1 aliphatic rings. The van der Waals surface area contributed by atoms with Crippen molar-refractivity contribution in [2.24, 2.45) is 0 Å². The van der Waals surface area contributed by atoms with Gasteiger partial charge < -0.3 is 14.6 Å². The molecule has 2 aromatic heterocycles. The van der Waals surface area contributed by atoms with Crippen molar-refractivity contribution in [3.05, 3.63) is 86.9 Å². The number of aromatic nitrogens is 3. The molecule has 10 heteroatoms. The molecule has 1 aliphatic heterocycles. The van der Waals surface area contributed by atoms with Crippen LogP contribution in [0.2, 0.25) is 5.02 Å². The lowest BCUT2D eigenvalue weighted by atomic mass is 10.0. The Kier molecular flexibility index (Phi) is 6.15. The fourth-order valence-electron chi connectivity index (χ4n) is 2.93. The maximum atomic E-state index is 12.9. The molecule has 4 rings (SSSR count). The number of anilines is 1. The third-order valence-electron chi connectivity index (χ3n) is 4.40. The van der Waals surface area contributed by atoms with E-state index in [-0.39, 0.29) is 5.56 Å². The van der Waals surface area contributed by atoms with Gasteiger partial charge in [0, 0.05) is 36.5 Å². The van der Waals surface area contributed by atoms with Crippen LogP contribution in [0.15, 0.2) is 59.5 Å². The van der Waals surface area contributed by atoms with Crippen LogP contribution < -0.4 is 15.6 Å². The first-order valence-electron chi connectivity index (χ1n) is 9.32. The van der Waals surface area contributed by atoms with Crippen molar-refractivity contribution >= 4 is 39.5 Å². The second-order valence-electron chi connectivity index (χ2n) is 6.78. The lowest BCUT2D eigenvalue weighted by Crippen LogP contribution is -2.20. The number of hydrogen-bond acceptors (Lipinski definition) is 7. The van der Waals surface area contributed by atoms with Gasteiger partial charge in [0.1, 0.15) is 6.61 Å². The van der Waals surface area contributed by atoms with E-state index in [1.165, 1.54) is 12.1 Å². The van der Waals surface area contributed by atoms with Crippen LogP contribution in [0.1, 0.15) is 21.6 Å². The molecule has 0 saturated heterocycles. The summed E-state index contributed by atoms with van der Waals surface area (Å²) in [6, 6.07) is 10.1. The summed E-state index contributed by atoms with van der Waals surface area (Å²) < 4.78 is 5.63. The van der Waals surface area contributed by atoms with E-state index in [1.54, 1.807) is 12.1 Å². The average molecular weight is 456 g/mol. The van der Waals surface area contributed by atoms with E-state index < -0.39 is 5.91 Å². The summed E-state index contributed by atoms with van der Waals surface area (Å²) in [7, 11) is 1.91. The van der Waals surface area contributed by atoms with Crippen LogP contribution in [0.25, 0.3) is 5.57 Å². The van der Waals surface area contributed by atoms with Crippen molar-refractivity contribution in [3.63, 3.8) is 0 Å². The van der Waals surface area contributed by atoms with Crippen molar-refractivity contribution in [3.8, 4) is 5.19 Å². The molecule has 0 spiro atoms. The van der Waals surface area contributed by atoms with Gasteiger partial charge in [-0.3, -0.25) is 14.9 Å². The first-order valence-corrected chi connectivity index (χ1v) is 10.5. The number of aromatic amines is 1. The zero-order chi connectivity index (χ0) is 21.8. The molecule has 3 aromatic rings. The van der Waals surface area contributed by atoms with Crippen LogP contribution in [-0.2, 0) is 6.61 Å². The fraction of sp³-hybridized carbons (Fsp3) is 0.143. The number of H-pyrrole nitrogens is 1. The van der Waals surface area contributed by atoms with E-state index in [9.17, 15) is 9.59 Å². The molecule has 0 aliphatic carbocycles. The number of hydrogen-bond donors (Lipinski definition) is 2. The standard InChI is InChI=1S/C21H18ClN5O3S/c1-27-10-2-3-14(11-27)18-16(8-9-17(28)23-18)19(29)24-20-25-26-21(31-20)30-12-13-4-6-15(22)7-5-13/h2-9,11H,10,12H2,1H3,(H,23,28)(H,24,25,29). The Morgan fingerprint density at radius 2 is 2.06 bits per heavy atom. The summed E-state index contributed by atoms with van der Waals surface area (Å²) in [5.41, 5.74) is 2.15. The summed E-state index contributed by atoms with van der Waals surface area (Å²) >= 11 is 6.99. The molecule has 0 bridgehead atoms. The van der Waals surface area contributed by atoms with Crippen LogP contribution in [0, 0.1) is 0 Å². The second kappa shape index (κ2) is 9.15. The van der Waals surface area contributed by atoms with Gasteiger partial charge in [0.15, 0.2) is 0 Å². The molecule has 0 fully saturated rings. The Morgan fingerprint density at radius 3 is 2.84 bits per heavy atom. The van der Waals surface area contributed by atoms with Gasteiger partial charge in [-0.1, -0.05) is 41.0 Å². The van der Waals surface area contributed by atoms with Gasteiger partial charge in [0.2, 0.25) is 10.7 Å². The quantitative estimate of drug-likeness (QED) is 0.589. The summed E-state index contributed by atoms with van der Waals surface area (Å²) in [5, 5.41) is 11.9. The highest BCUT2D eigenvalue weighted by atomic mass is 35.5. The largest absolute Gasteiger partial charge is 0.464 e. The molecule has 8 nitrogen and oxygen atoms in total. The van der Waals surface area contributed by atoms with Gasteiger partial charge in [0.05, 0.1) is 11.3 Å². The van der Waals surface area contributed by atoms with E-state index in [1.807, 2.05) is 42.4 Å². The van der Waals surface area contributed by atoms with Crippen LogP contribution in [0.3, 0.4) is 0 Å². The number of amides is 1. The van der Waals surface area contributed by atoms with Crippen LogP contribution in [0.5, 0.6) is 5.19 Å². The molecular weight excluding hydrogens is 438 g/mol. The minimum atomic E-state index is -0.408. The van der Waals surface area contributed by atoms with E-state index in [4.69, 9.17) is 16.3 Å². The van der Waals surface area contributed by atoms with E-state index >= 15 is 0 Å². The van der Waals surface area contributed by atoms with Crippen LogP contribution >= 0.6 is 22.9 Å². The number of nitrogens with one attached hydrogen (secondary N) is 2. The topological polar surface area (TPSA) is 100 Å². The SMILES string of the molecule is CN1C=C(c2[nH]c(=O)ccc2C(=O)Nc2nnc(OCc3ccc(Cl)cc3)s2)C=CC1. The molecule has 158 valence electrons. The first kappa shape index (κ1) is 20.8. The van der Waals surface area contributed by atoms with Crippen molar-refractivity contribution in [1.82, 2.24) is 20.1 Å². The van der Waals surface area contributed by atoms with Crippen molar-refractivity contribution < 1.29 is 9.53 Å². The number of nitrogens with zero attached hydrogens (tertiary/aromatic N) is 3. The summed E-state index contributed by atoms with van der Waals surface area (Å²) in [5.74, 6) is -0.408. The summed E-state index contributed by atoms with van der Waals surface area (Å²) in [6.07, 6.45) is 5.70. The van der Waals surface area contributed by atoms with Gasteiger partial charge in [-0.2, -0.15) is 0 Å². The number of carbonyl (C=O) groups is 1. The first-order chi connectivity index (χ1) is 15.0. The van der Waals surface area contributed by atoms with Crippen molar-refractivity contribution in [2.45, 2.75) is 6.61 Å². The highest BCUT2D eigenvalue weighted by Gasteiger charge is 2.18. The van der Waals surface area contributed by atoms with E-state index in [2.05, 4.69) is 20.5 Å². The minimum absolute atomic E-state index is 0.289. The predicted octanol–water partition coefficient (Wildman–Crippen LogP) is 3.55. The molecule has 31 heavy (non-hydrogen) atoms. The fourth-order valence-corrected chi connectivity index (χ4v) is 3.64. The summed E-state index contributed by atoms with van der Waals surface area (Å²) in [6.45, 7) is 1.06. The zero-order valence-corrected chi connectivity index (χ0v) is 18.0. The molecular formula is C21H18ClN5O3S. The Balaban J connectivity index is 1.47. The number of rotatable bonds is 6. The zero-order valence-electron chi connectivity index (χ0n) is 16.5. The molecule has 1 amide bonds. The monoisotopic (exact) mass is 455 g/mol. The average Bonchev–Trinajstić information content (AvgIpc) is 3.20. The maximum absolute atomic E-state index is 12.9. The van der Waals surface area contributed by atoms with E-state index in [0.717, 1.165) is 29.0 Å². The molecule has 3 heterocycles. The highest BCUT2D eigenvalue weighted by Crippen LogP contribution is 2.25. The van der Waals surface area contributed by atoms with E-state index in [0.29, 0.717) is 33.2 Å². The molecule has 1 aromatic carbocycles. The minimum Gasteiger partial charge on any atom is -0.464 e. The highest BCUT2D eigenvalue weighted by molar-refractivity contribution is 7.17. The predicted molar refractivity (Wildman–Crippen MR) is 120 cm³/mol.